The number of amides is 2. The van der Waals surface area contributed by atoms with E-state index in [0.29, 0.717) is 6.42 Å². The van der Waals surface area contributed by atoms with Crippen molar-refractivity contribution in [1.29, 1.82) is 0 Å². The van der Waals surface area contributed by atoms with Gasteiger partial charge in [0.05, 0.1) is 0 Å². The van der Waals surface area contributed by atoms with Crippen molar-refractivity contribution in [2.75, 3.05) is 0 Å². The summed E-state index contributed by atoms with van der Waals surface area (Å²) < 4.78 is 0. The molecule has 0 bridgehead atoms. The smallest absolute Gasteiger partial charge is 0.326 e. The topological polar surface area (TPSA) is 78.4 Å². The Bertz CT molecular complexity index is 256. The highest BCUT2D eigenvalue weighted by atomic mass is 16.4. The SMILES string of the molecule is CC(C)C[C@@H](NC(=O)NC(C)(C)C)C(=O)O. The molecule has 2 amide bonds. The normalized spacial score (nSPS) is 13.4. The van der Waals surface area contributed by atoms with Gasteiger partial charge in [0, 0.05) is 5.54 Å². The Balaban J connectivity index is 4.30. The number of carbonyl (C=O) groups excluding carboxylic acids is 1. The number of carboxylic acid groups (broad SMARTS) is 1. The number of nitrogens with one attached hydrogen (secondary N) is 2. The van der Waals surface area contributed by atoms with E-state index in [4.69, 9.17) is 5.11 Å². The van der Waals surface area contributed by atoms with Crippen LogP contribution in [0.2, 0.25) is 0 Å². The Morgan fingerprint density at radius 3 is 2.06 bits per heavy atom. The van der Waals surface area contributed by atoms with Crippen molar-refractivity contribution in [3.05, 3.63) is 0 Å². The van der Waals surface area contributed by atoms with Gasteiger partial charge < -0.3 is 15.7 Å². The molecule has 0 aromatic rings. The average Bonchev–Trinajstić information content (AvgIpc) is 1.97. The predicted molar refractivity (Wildman–Crippen MR) is 62.3 cm³/mol. The minimum atomic E-state index is -1.00. The van der Waals surface area contributed by atoms with E-state index in [1.165, 1.54) is 0 Å². The van der Waals surface area contributed by atoms with Crippen molar-refractivity contribution in [2.24, 2.45) is 5.92 Å². The molecule has 0 spiro atoms. The minimum absolute atomic E-state index is 0.219. The molecular formula is C11H22N2O3. The minimum Gasteiger partial charge on any atom is -0.480 e. The standard InChI is InChI=1S/C11H22N2O3/c1-7(2)6-8(9(14)15)12-10(16)13-11(3,4)5/h7-8H,6H2,1-5H3,(H,14,15)(H2,12,13,16)/t8-/m1/s1. The number of urea groups is 1. The zero-order valence-electron chi connectivity index (χ0n) is 10.6. The molecule has 0 saturated carbocycles. The highest BCUT2D eigenvalue weighted by Gasteiger charge is 2.22. The summed E-state index contributed by atoms with van der Waals surface area (Å²) >= 11 is 0. The Morgan fingerprint density at radius 1 is 1.25 bits per heavy atom. The molecule has 0 aromatic carbocycles. The Labute approximate surface area is 96.6 Å². The van der Waals surface area contributed by atoms with Gasteiger partial charge in [0.15, 0.2) is 0 Å². The molecule has 0 saturated heterocycles. The van der Waals surface area contributed by atoms with Crippen molar-refractivity contribution < 1.29 is 14.7 Å². The molecule has 16 heavy (non-hydrogen) atoms. The summed E-state index contributed by atoms with van der Waals surface area (Å²) in [6, 6.07) is -1.28. The molecule has 94 valence electrons. The van der Waals surface area contributed by atoms with Gasteiger partial charge in [0.1, 0.15) is 6.04 Å². The Kier molecular flexibility index (Phi) is 5.27. The number of hydrogen-bond donors (Lipinski definition) is 3. The first-order chi connectivity index (χ1) is 7.11. The third-order valence-electron chi connectivity index (χ3n) is 1.80. The summed E-state index contributed by atoms with van der Waals surface area (Å²) in [6.07, 6.45) is 0.424. The number of hydrogen-bond acceptors (Lipinski definition) is 2. The first kappa shape index (κ1) is 14.7. The van der Waals surface area contributed by atoms with Crippen LogP contribution >= 0.6 is 0 Å². The fourth-order valence-corrected chi connectivity index (χ4v) is 1.23. The van der Waals surface area contributed by atoms with Crippen LogP contribution in [-0.4, -0.2) is 28.7 Å². The van der Waals surface area contributed by atoms with E-state index >= 15 is 0 Å². The zero-order valence-corrected chi connectivity index (χ0v) is 10.6. The first-order valence-corrected chi connectivity index (χ1v) is 5.43. The number of rotatable bonds is 4. The molecule has 3 N–H and O–H groups in total. The Morgan fingerprint density at radius 2 is 1.75 bits per heavy atom. The maximum atomic E-state index is 11.5. The van der Waals surface area contributed by atoms with Crippen LogP contribution in [0.3, 0.4) is 0 Å². The molecule has 0 fully saturated rings. The largest absolute Gasteiger partial charge is 0.480 e. The van der Waals surface area contributed by atoms with Crippen LogP contribution < -0.4 is 10.6 Å². The van der Waals surface area contributed by atoms with E-state index in [2.05, 4.69) is 10.6 Å². The molecule has 0 aliphatic carbocycles. The van der Waals surface area contributed by atoms with Crippen molar-refractivity contribution in [1.82, 2.24) is 10.6 Å². The van der Waals surface area contributed by atoms with Crippen molar-refractivity contribution in [3.63, 3.8) is 0 Å². The maximum absolute atomic E-state index is 11.5. The van der Waals surface area contributed by atoms with E-state index in [-0.39, 0.29) is 11.5 Å². The highest BCUT2D eigenvalue weighted by molar-refractivity contribution is 5.82. The third-order valence-corrected chi connectivity index (χ3v) is 1.80. The lowest BCUT2D eigenvalue weighted by Gasteiger charge is -2.23. The molecule has 5 nitrogen and oxygen atoms in total. The lowest BCUT2D eigenvalue weighted by Crippen LogP contribution is -2.51. The zero-order chi connectivity index (χ0) is 12.9. The number of carboxylic acids is 1. The lowest BCUT2D eigenvalue weighted by atomic mass is 10.0. The van der Waals surface area contributed by atoms with Crippen LogP contribution in [0.1, 0.15) is 41.0 Å². The van der Waals surface area contributed by atoms with Gasteiger partial charge in [0.2, 0.25) is 0 Å². The summed E-state index contributed by atoms with van der Waals surface area (Å²) in [4.78, 5) is 22.4. The fraction of sp³-hybridized carbons (Fsp3) is 0.818. The molecular weight excluding hydrogens is 208 g/mol. The second-order valence-corrected chi connectivity index (χ2v) is 5.37. The molecule has 0 radical (unpaired) electrons. The molecule has 0 unspecified atom stereocenters. The molecule has 0 heterocycles. The summed E-state index contributed by atoms with van der Waals surface area (Å²) in [6.45, 7) is 9.35. The van der Waals surface area contributed by atoms with E-state index in [9.17, 15) is 9.59 Å². The summed E-state index contributed by atoms with van der Waals surface area (Å²) in [7, 11) is 0. The fourth-order valence-electron chi connectivity index (χ4n) is 1.23. The van der Waals surface area contributed by atoms with Crippen molar-refractivity contribution >= 4 is 12.0 Å². The average molecular weight is 230 g/mol. The van der Waals surface area contributed by atoms with E-state index in [0.717, 1.165) is 0 Å². The van der Waals surface area contributed by atoms with Crippen LogP contribution in [0.5, 0.6) is 0 Å². The first-order valence-electron chi connectivity index (χ1n) is 5.43. The summed E-state index contributed by atoms with van der Waals surface area (Å²) in [5, 5.41) is 14.0. The van der Waals surface area contributed by atoms with E-state index in [1.807, 2.05) is 34.6 Å². The highest BCUT2D eigenvalue weighted by Crippen LogP contribution is 2.05. The second kappa shape index (κ2) is 5.72. The predicted octanol–water partition coefficient (Wildman–Crippen LogP) is 1.58. The van der Waals surface area contributed by atoms with E-state index in [1.54, 1.807) is 0 Å². The van der Waals surface area contributed by atoms with Crippen LogP contribution in [-0.2, 0) is 4.79 Å². The van der Waals surface area contributed by atoms with Crippen LogP contribution in [0.15, 0.2) is 0 Å². The molecule has 0 aliphatic rings. The number of carbonyl (C=O) groups is 2. The molecule has 0 rings (SSSR count). The van der Waals surface area contributed by atoms with Gasteiger partial charge in [-0.15, -0.1) is 0 Å². The van der Waals surface area contributed by atoms with Gasteiger partial charge in [-0.1, -0.05) is 13.8 Å². The lowest BCUT2D eigenvalue weighted by molar-refractivity contribution is -0.139. The maximum Gasteiger partial charge on any atom is 0.326 e. The van der Waals surface area contributed by atoms with Crippen LogP contribution in [0.25, 0.3) is 0 Å². The van der Waals surface area contributed by atoms with Gasteiger partial charge in [-0.2, -0.15) is 0 Å². The van der Waals surface area contributed by atoms with Crippen LogP contribution in [0.4, 0.5) is 4.79 Å². The third kappa shape index (κ3) is 7.09. The number of aliphatic carboxylic acids is 1. The Hall–Kier alpha value is -1.26. The van der Waals surface area contributed by atoms with E-state index < -0.39 is 18.0 Å². The van der Waals surface area contributed by atoms with Gasteiger partial charge in [0.25, 0.3) is 0 Å². The molecule has 5 heteroatoms. The molecule has 1 atom stereocenters. The van der Waals surface area contributed by atoms with Gasteiger partial charge in [-0.25, -0.2) is 9.59 Å². The summed E-state index contributed by atoms with van der Waals surface area (Å²) in [5.41, 5.74) is -0.370. The van der Waals surface area contributed by atoms with Crippen molar-refractivity contribution in [2.45, 2.75) is 52.6 Å². The summed E-state index contributed by atoms with van der Waals surface area (Å²) in [5.74, 6) is -0.784. The molecule has 0 aromatic heterocycles. The van der Waals surface area contributed by atoms with Gasteiger partial charge >= 0.3 is 12.0 Å². The van der Waals surface area contributed by atoms with Crippen molar-refractivity contribution in [3.8, 4) is 0 Å². The van der Waals surface area contributed by atoms with Gasteiger partial charge in [-0.3, -0.25) is 0 Å². The van der Waals surface area contributed by atoms with Crippen LogP contribution in [0, 0.1) is 5.92 Å². The second-order valence-electron chi connectivity index (χ2n) is 5.37. The van der Waals surface area contributed by atoms with Gasteiger partial charge in [-0.05, 0) is 33.1 Å². The molecule has 0 aliphatic heterocycles. The quantitative estimate of drug-likeness (QED) is 0.686. The monoisotopic (exact) mass is 230 g/mol.